The zero-order valence-electron chi connectivity index (χ0n) is 25.5. The highest BCUT2D eigenvalue weighted by Crippen LogP contribution is 2.27. The Morgan fingerprint density at radius 1 is 0.822 bits per heavy atom. The van der Waals surface area contributed by atoms with Gasteiger partial charge in [0.15, 0.2) is 5.96 Å². The fraction of sp³-hybridized carbons (Fsp3) is 0.438. The molecule has 2 aromatic rings. The molecule has 2 aromatic carbocycles. The average molecular weight is 620 g/mol. The minimum Gasteiger partial charge on any atom is -0.384 e. The second-order valence-electron chi connectivity index (χ2n) is 11.4. The first-order valence-electron chi connectivity index (χ1n) is 15.3. The number of carbonyl (C=O) groups excluding carboxylic acids is 4. The number of amidine groups is 1. The third-order valence-electron chi connectivity index (χ3n) is 7.95. The van der Waals surface area contributed by atoms with Crippen molar-refractivity contribution < 1.29 is 19.2 Å². The van der Waals surface area contributed by atoms with E-state index in [4.69, 9.17) is 28.3 Å². The van der Waals surface area contributed by atoms with E-state index in [9.17, 15) is 19.2 Å². The molecule has 13 heteroatoms. The van der Waals surface area contributed by atoms with Crippen molar-refractivity contribution in [3.05, 3.63) is 71.3 Å². The van der Waals surface area contributed by atoms with Crippen LogP contribution in [-0.4, -0.2) is 54.1 Å². The average Bonchev–Trinajstić information content (AvgIpc) is 3.03. The Labute approximate surface area is 263 Å². The van der Waals surface area contributed by atoms with Crippen molar-refractivity contribution in [1.29, 1.82) is 5.41 Å². The Morgan fingerprint density at radius 3 is 2.09 bits per heavy atom. The molecule has 0 aromatic heterocycles. The van der Waals surface area contributed by atoms with Crippen LogP contribution in [0.5, 0.6) is 0 Å². The van der Waals surface area contributed by atoms with Crippen molar-refractivity contribution in [1.82, 2.24) is 16.0 Å². The summed E-state index contributed by atoms with van der Waals surface area (Å²) in [6, 6.07) is 14.1. The molecule has 0 saturated heterocycles. The summed E-state index contributed by atoms with van der Waals surface area (Å²) in [6.45, 7) is 0.483. The maximum absolute atomic E-state index is 13.9. The number of guanidine groups is 1. The van der Waals surface area contributed by atoms with Crippen molar-refractivity contribution in [2.75, 3.05) is 6.54 Å². The Bertz CT molecular complexity index is 1340. The number of nitrogens with zero attached hydrogens (tertiary/aromatic N) is 1. The summed E-state index contributed by atoms with van der Waals surface area (Å²) >= 11 is 0. The molecular formula is C32H45N9O4. The molecule has 242 valence electrons. The largest absolute Gasteiger partial charge is 0.384 e. The lowest BCUT2D eigenvalue weighted by Crippen LogP contribution is -2.57. The van der Waals surface area contributed by atoms with Gasteiger partial charge in [-0.1, -0.05) is 73.9 Å². The van der Waals surface area contributed by atoms with E-state index in [0.29, 0.717) is 30.4 Å². The zero-order chi connectivity index (χ0) is 32.8. The van der Waals surface area contributed by atoms with Crippen LogP contribution in [0.15, 0.2) is 59.6 Å². The van der Waals surface area contributed by atoms with E-state index in [1.165, 1.54) is 0 Å². The fourth-order valence-electron chi connectivity index (χ4n) is 5.44. The van der Waals surface area contributed by atoms with Crippen molar-refractivity contribution in [2.45, 2.75) is 70.0 Å². The van der Waals surface area contributed by atoms with Gasteiger partial charge < -0.3 is 38.9 Å². The zero-order valence-corrected chi connectivity index (χ0v) is 25.5. The molecule has 1 saturated carbocycles. The molecule has 12 N–H and O–H groups in total. The molecule has 1 aliphatic rings. The molecule has 13 nitrogen and oxygen atoms in total. The molecule has 0 heterocycles. The van der Waals surface area contributed by atoms with Gasteiger partial charge in [-0.15, -0.1) is 0 Å². The lowest BCUT2D eigenvalue weighted by Gasteiger charge is -2.32. The first kappa shape index (κ1) is 34.5. The summed E-state index contributed by atoms with van der Waals surface area (Å²) in [5.74, 6) is -3.86. The summed E-state index contributed by atoms with van der Waals surface area (Å²) in [4.78, 5) is 57.2. The van der Waals surface area contributed by atoms with Gasteiger partial charge in [0.25, 0.3) is 0 Å². The van der Waals surface area contributed by atoms with Gasteiger partial charge >= 0.3 is 0 Å². The van der Waals surface area contributed by atoms with Crippen LogP contribution in [0.3, 0.4) is 0 Å². The number of benzene rings is 2. The van der Waals surface area contributed by atoms with Crippen molar-refractivity contribution in [3.63, 3.8) is 0 Å². The third kappa shape index (κ3) is 11.2. The number of nitrogens with two attached hydrogens (primary N) is 4. The second kappa shape index (κ2) is 17.4. The van der Waals surface area contributed by atoms with Gasteiger partial charge in [-0.3, -0.25) is 29.6 Å². The predicted octanol–water partition coefficient (Wildman–Crippen LogP) is 0.535. The molecule has 1 aliphatic carbocycles. The smallest absolute Gasteiger partial charge is 0.243 e. The molecule has 0 bridgehead atoms. The summed E-state index contributed by atoms with van der Waals surface area (Å²) in [5.41, 5.74) is 24.0. The van der Waals surface area contributed by atoms with Crippen LogP contribution in [0, 0.1) is 17.2 Å². The van der Waals surface area contributed by atoms with Crippen molar-refractivity contribution >= 4 is 35.4 Å². The fourth-order valence-corrected chi connectivity index (χ4v) is 5.44. The highest BCUT2D eigenvalue weighted by atomic mass is 16.2. The SMILES string of the molecule is N=C(N)c1ccc(C[C@@H](C(=O)NCc2ccccc2)C(=O)NC(C(=O)NC(CCCN=C(N)N)C(N)=O)C2CCCCC2)cc1. The van der Waals surface area contributed by atoms with Crippen LogP contribution in [0.25, 0.3) is 0 Å². The van der Waals surface area contributed by atoms with Crippen LogP contribution >= 0.6 is 0 Å². The number of carbonyl (C=O) groups is 4. The highest BCUT2D eigenvalue weighted by Gasteiger charge is 2.36. The topological polar surface area (TPSA) is 245 Å². The molecule has 1 fully saturated rings. The maximum Gasteiger partial charge on any atom is 0.243 e. The number of aliphatic imine (C=N–C) groups is 1. The molecule has 0 radical (unpaired) electrons. The van der Waals surface area contributed by atoms with E-state index >= 15 is 0 Å². The third-order valence-corrected chi connectivity index (χ3v) is 7.95. The number of hydrogen-bond donors (Lipinski definition) is 8. The first-order chi connectivity index (χ1) is 21.5. The van der Waals surface area contributed by atoms with Gasteiger partial charge in [0.2, 0.25) is 23.6 Å². The molecule has 0 aliphatic heterocycles. The summed E-state index contributed by atoms with van der Waals surface area (Å²) in [5, 5.41) is 16.1. The summed E-state index contributed by atoms with van der Waals surface area (Å²) in [6.07, 6.45) is 4.90. The van der Waals surface area contributed by atoms with E-state index in [2.05, 4.69) is 20.9 Å². The first-order valence-corrected chi connectivity index (χ1v) is 15.3. The molecule has 4 amide bonds. The number of amides is 4. The quantitative estimate of drug-likeness (QED) is 0.0573. The van der Waals surface area contributed by atoms with Crippen LogP contribution in [0.1, 0.15) is 61.6 Å². The summed E-state index contributed by atoms with van der Waals surface area (Å²) < 4.78 is 0. The minimum atomic E-state index is -1.16. The van der Waals surface area contributed by atoms with Gasteiger partial charge in [-0.2, -0.15) is 0 Å². The maximum atomic E-state index is 13.9. The molecule has 2 unspecified atom stereocenters. The van der Waals surface area contributed by atoms with Crippen molar-refractivity contribution in [2.24, 2.45) is 39.8 Å². The van der Waals surface area contributed by atoms with Crippen LogP contribution in [0.4, 0.5) is 0 Å². The van der Waals surface area contributed by atoms with Gasteiger partial charge in [0.1, 0.15) is 23.8 Å². The molecule has 0 spiro atoms. The number of hydrogen-bond acceptors (Lipinski definition) is 6. The van der Waals surface area contributed by atoms with E-state index in [1.54, 1.807) is 24.3 Å². The highest BCUT2D eigenvalue weighted by molar-refractivity contribution is 6.02. The molecule has 3 atom stereocenters. The van der Waals surface area contributed by atoms with Gasteiger partial charge in [-0.25, -0.2) is 0 Å². The van der Waals surface area contributed by atoms with E-state index in [0.717, 1.165) is 24.8 Å². The van der Waals surface area contributed by atoms with Crippen LogP contribution in [0.2, 0.25) is 0 Å². The monoisotopic (exact) mass is 619 g/mol. The minimum absolute atomic E-state index is 0.0539. The lowest BCUT2D eigenvalue weighted by molar-refractivity contribution is -0.139. The van der Waals surface area contributed by atoms with Crippen LogP contribution < -0.4 is 38.9 Å². The van der Waals surface area contributed by atoms with Gasteiger partial charge in [0, 0.05) is 18.7 Å². The number of rotatable bonds is 16. The van der Waals surface area contributed by atoms with E-state index in [1.807, 2.05) is 30.3 Å². The Balaban J connectivity index is 1.81. The summed E-state index contributed by atoms with van der Waals surface area (Å²) in [7, 11) is 0. The molecular weight excluding hydrogens is 574 g/mol. The van der Waals surface area contributed by atoms with Crippen LogP contribution in [-0.2, 0) is 32.1 Å². The normalized spacial score (nSPS) is 15.1. The van der Waals surface area contributed by atoms with E-state index in [-0.39, 0.29) is 43.6 Å². The van der Waals surface area contributed by atoms with Crippen molar-refractivity contribution in [3.8, 4) is 0 Å². The Kier molecular flexibility index (Phi) is 13.3. The number of nitrogen functional groups attached to an aromatic ring is 1. The van der Waals surface area contributed by atoms with Gasteiger partial charge in [-0.05, 0) is 49.1 Å². The predicted molar refractivity (Wildman–Crippen MR) is 172 cm³/mol. The Morgan fingerprint density at radius 2 is 1.49 bits per heavy atom. The van der Waals surface area contributed by atoms with E-state index < -0.39 is 41.6 Å². The standard InChI is InChI=1S/C32H45N9O4/c33-27(34)23-15-13-20(14-16-23)18-24(29(43)39-19-21-8-3-1-4-9-21)30(44)41-26(22-10-5-2-6-11-22)31(45)40-25(28(35)42)12-7-17-38-32(36)37/h1,3-4,8-9,13-16,22,24-26H,2,5-7,10-12,17-19H2,(H3,33,34)(H2,35,42)(H,39,43)(H,40,45)(H,41,44)(H4,36,37,38)/t24-,25?,26?/m0/s1. The second-order valence-corrected chi connectivity index (χ2v) is 11.4. The molecule has 3 rings (SSSR count). The van der Waals surface area contributed by atoms with Gasteiger partial charge in [0.05, 0.1) is 0 Å². The molecule has 45 heavy (non-hydrogen) atoms. The number of nitrogens with one attached hydrogen (secondary N) is 4. The number of primary amides is 1. The lowest BCUT2D eigenvalue weighted by atomic mass is 9.83. The Hall–Kier alpha value is -4.94.